The van der Waals surface area contributed by atoms with Gasteiger partial charge in [-0.1, -0.05) is 29.3 Å². The van der Waals surface area contributed by atoms with E-state index in [0.717, 1.165) is 10.5 Å². The maximum atomic E-state index is 12.3. The van der Waals surface area contributed by atoms with Crippen LogP contribution in [0.1, 0.15) is 25.0 Å². The van der Waals surface area contributed by atoms with Gasteiger partial charge in [0.25, 0.3) is 5.91 Å². The number of hydrogen-bond acceptors (Lipinski definition) is 4. The first kappa shape index (κ1) is 22.5. The quantitative estimate of drug-likeness (QED) is 0.384. The summed E-state index contributed by atoms with van der Waals surface area (Å²) in [5, 5.41) is 3.64. The number of ether oxygens (including phenoxy) is 2. The molecule has 2 aromatic rings. The number of carbonyl (C=O) groups is 2. The molecule has 3 rings (SSSR count). The third-order valence-corrected chi connectivity index (χ3v) is 5.48. The lowest BCUT2D eigenvalue weighted by Crippen LogP contribution is -2.30. The van der Waals surface area contributed by atoms with Crippen LogP contribution >= 0.6 is 39.1 Å². The van der Waals surface area contributed by atoms with Crippen molar-refractivity contribution in [3.05, 3.63) is 61.7 Å². The summed E-state index contributed by atoms with van der Waals surface area (Å²) < 4.78 is 12.3. The van der Waals surface area contributed by atoms with Gasteiger partial charge in [0.05, 0.1) is 11.1 Å². The van der Waals surface area contributed by atoms with E-state index in [1.165, 1.54) is 0 Å². The van der Waals surface area contributed by atoms with Crippen molar-refractivity contribution in [2.24, 2.45) is 0 Å². The normalized spacial score (nSPS) is 15.0. The number of amides is 3. The summed E-state index contributed by atoms with van der Waals surface area (Å²) in [4.78, 5) is 25.3. The van der Waals surface area contributed by atoms with Crippen molar-refractivity contribution < 1.29 is 19.1 Å². The first-order valence-electron chi connectivity index (χ1n) is 9.21. The van der Waals surface area contributed by atoms with Crippen molar-refractivity contribution in [1.82, 2.24) is 10.2 Å². The fourth-order valence-electron chi connectivity index (χ4n) is 2.89. The molecule has 0 aromatic heterocycles. The number of likely N-dealkylation sites (N-methyl/N-ethyl adjacent to an activating group) is 1. The van der Waals surface area contributed by atoms with Crippen LogP contribution in [-0.2, 0) is 11.4 Å². The highest BCUT2D eigenvalue weighted by Crippen LogP contribution is 2.38. The van der Waals surface area contributed by atoms with Crippen LogP contribution in [0.25, 0.3) is 6.08 Å². The van der Waals surface area contributed by atoms with Gasteiger partial charge in [-0.15, -0.1) is 0 Å². The van der Waals surface area contributed by atoms with E-state index in [0.29, 0.717) is 44.7 Å². The van der Waals surface area contributed by atoms with E-state index in [9.17, 15) is 9.59 Å². The zero-order valence-electron chi connectivity index (χ0n) is 16.3. The first-order valence-corrected chi connectivity index (χ1v) is 10.8. The van der Waals surface area contributed by atoms with Crippen molar-refractivity contribution in [2.45, 2.75) is 20.5 Å². The minimum Gasteiger partial charge on any atom is -0.490 e. The molecule has 9 heteroatoms. The second kappa shape index (κ2) is 9.73. The number of halogens is 3. The second-order valence-electron chi connectivity index (χ2n) is 6.32. The van der Waals surface area contributed by atoms with Crippen molar-refractivity contribution >= 4 is 57.1 Å². The van der Waals surface area contributed by atoms with Gasteiger partial charge in [-0.05, 0) is 65.7 Å². The molecule has 1 aliphatic heterocycles. The number of hydrogen-bond donors (Lipinski definition) is 1. The van der Waals surface area contributed by atoms with Gasteiger partial charge in [0.2, 0.25) is 0 Å². The Hall–Kier alpha value is -2.22. The first-order chi connectivity index (χ1) is 14.3. The summed E-state index contributed by atoms with van der Waals surface area (Å²) in [6, 6.07) is 8.29. The molecule has 158 valence electrons. The maximum absolute atomic E-state index is 12.3. The molecule has 0 radical (unpaired) electrons. The molecule has 3 amide bonds. The summed E-state index contributed by atoms with van der Waals surface area (Å²) in [5.41, 5.74) is 1.65. The molecule has 0 spiro atoms. The summed E-state index contributed by atoms with van der Waals surface area (Å²) in [6.07, 6.45) is 1.60. The lowest BCUT2D eigenvalue weighted by atomic mass is 10.1. The lowest BCUT2D eigenvalue weighted by molar-refractivity contribution is -0.122. The Kier molecular flexibility index (Phi) is 7.28. The molecular formula is C21H19BrCl2N2O4. The van der Waals surface area contributed by atoms with Crippen LogP contribution in [0.15, 0.2) is 40.5 Å². The molecule has 1 saturated heterocycles. The number of urea groups is 1. The van der Waals surface area contributed by atoms with Gasteiger partial charge in [-0.2, -0.15) is 0 Å². The Morgan fingerprint density at radius 2 is 1.90 bits per heavy atom. The highest BCUT2D eigenvalue weighted by atomic mass is 79.9. The van der Waals surface area contributed by atoms with Gasteiger partial charge in [-0.3, -0.25) is 9.69 Å². The Bertz CT molecular complexity index is 1030. The Morgan fingerprint density at radius 1 is 1.13 bits per heavy atom. The molecule has 2 aromatic carbocycles. The summed E-state index contributed by atoms with van der Waals surface area (Å²) in [6.45, 7) is 4.54. The van der Waals surface area contributed by atoms with Crippen LogP contribution < -0.4 is 14.8 Å². The molecule has 30 heavy (non-hydrogen) atoms. The molecule has 0 unspecified atom stereocenters. The molecule has 0 aliphatic carbocycles. The largest absolute Gasteiger partial charge is 0.490 e. The highest BCUT2D eigenvalue weighted by molar-refractivity contribution is 9.10. The lowest BCUT2D eigenvalue weighted by Gasteiger charge is -2.15. The number of rotatable bonds is 7. The van der Waals surface area contributed by atoms with E-state index in [2.05, 4.69) is 21.2 Å². The third kappa shape index (κ3) is 4.91. The maximum Gasteiger partial charge on any atom is 0.328 e. The van der Waals surface area contributed by atoms with Crippen LogP contribution in [0.2, 0.25) is 10.0 Å². The molecular weight excluding hydrogens is 495 g/mol. The summed E-state index contributed by atoms with van der Waals surface area (Å²) in [5.74, 6) is 0.629. The van der Waals surface area contributed by atoms with E-state index in [-0.39, 0.29) is 18.2 Å². The standard InChI is InChI=1S/C21H19BrCl2N2O4/c1-3-26-20(27)17(25-21(26)28)8-12-7-15(22)19(18(9-12)29-4-2)30-11-13-5-6-14(23)10-16(13)24/h5-10H,3-4,11H2,1-2H3,(H,25,28)/b17-8+. The van der Waals surface area contributed by atoms with E-state index >= 15 is 0 Å². The number of carbonyl (C=O) groups excluding carboxylic acids is 2. The molecule has 1 N–H and O–H groups in total. The molecule has 0 atom stereocenters. The van der Waals surface area contributed by atoms with Gasteiger partial charge in [0.1, 0.15) is 12.3 Å². The SMILES string of the molecule is CCOc1cc(/C=C2/NC(=O)N(CC)C2=O)cc(Br)c1OCc1ccc(Cl)cc1Cl. The minimum absolute atomic E-state index is 0.206. The average molecular weight is 514 g/mol. The zero-order valence-corrected chi connectivity index (χ0v) is 19.4. The highest BCUT2D eigenvalue weighted by Gasteiger charge is 2.32. The van der Waals surface area contributed by atoms with Gasteiger partial charge in [-0.25, -0.2) is 4.79 Å². The van der Waals surface area contributed by atoms with Crippen LogP contribution in [0.3, 0.4) is 0 Å². The van der Waals surface area contributed by atoms with Gasteiger partial charge in [0, 0.05) is 22.2 Å². The fraction of sp³-hybridized carbons (Fsp3) is 0.238. The molecule has 0 bridgehead atoms. The van der Waals surface area contributed by atoms with Crippen LogP contribution in [0.4, 0.5) is 4.79 Å². The van der Waals surface area contributed by atoms with Gasteiger partial charge in [0.15, 0.2) is 11.5 Å². The molecule has 1 heterocycles. The number of nitrogens with one attached hydrogen (secondary N) is 1. The van der Waals surface area contributed by atoms with Gasteiger partial charge < -0.3 is 14.8 Å². The Labute approximate surface area is 192 Å². The predicted molar refractivity (Wildman–Crippen MR) is 120 cm³/mol. The molecule has 6 nitrogen and oxygen atoms in total. The number of imide groups is 1. The van der Waals surface area contributed by atoms with E-state index < -0.39 is 6.03 Å². The van der Waals surface area contributed by atoms with E-state index in [1.807, 2.05) is 6.92 Å². The Morgan fingerprint density at radius 3 is 2.53 bits per heavy atom. The van der Waals surface area contributed by atoms with E-state index in [1.54, 1.807) is 43.3 Å². The molecule has 0 saturated carbocycles. The minimum atomic E-state index is -0.433. The number of nitrogens with zero attached hydrogens (tertiary/aromatic N) is 1. The van der Waals surface area contributed by atoms with Crippen molar-refractivity contribution in [3.8, 4) is 11.5 Å². The van der Waals surface area contributed by atoms with Crippen LogP contribution in [0, 0.1) is 0 Å². The Balaban J connectivity index is 1.88. The smallest absolute Gasteiger partial charge is 0.328 e. The van der Waals surface area contributed by atoms with Crippen molar-refractivity contribution in [3.63, 3.8) is 0 Å². The summed E-state index contributed by atoms with van der Waals surface area (Å²) >= 11 is 15.7. The fourth-order valence-corrected chi connectivity index (χ4v) is 3.93. The van der Waals surface area contributed by atoms with Crippen molar-refractivity contribution in [1.29, 1.82) is 0 Å². The van der Waals surface area contributed by atoms with E-state index in [4.69, 9.17) is 32.7 Å². The molecule has 1 aliphatic rings. The molecule has 1 fully saturated rings. The average Bonchev–Trinajstić information content (AvgIpc) is 2.95. The zero-order chi connectivity index (χ0) is 21.8. The number of benzene rings is 2. The van der Waals surface area contributed by atoms with Crippen molar-refractivity contribution in [2.75, 3.05) is 13.2 Å². The van der Waals surface area contributed by atoms with Gasteiger partial charge >= 0.3 is 6.03 Å². The van der Waals surface area contributed by atoms with Crippen LogP contribution in [-0.4, -0.2) is 30.0 Å². The topological polar surface area (TPSA) is 67.9 Å². The van der Waals surface area contributed by atoms with Crippen LogP contribution in [0.5, 0.6) is 11.5 Å². The monoisotopic (exact) mass is 512 g/mol. The second-order valence-corrected chi connectivity index (χ2v) is 8.02. The third-order valence-electron chi connectivity index (χ3n) is 4.31. The predicted octanol–water partition coefficient (Wildman–Crippen LogP) is 5.65. The summed E-state index contributed by atoms with van der Waals surface area (Å²) in [7, 11) is 0.